The van der Waals surface area contributed by atoms with Crippen LogP contribution in [0.5, 0.6) is 0 Å². The summed E-state index contributed by atoms with van der Waals surface area (Å²) in [5.74, 6) is -1.91. The maximum Gasteiger partial charge on any atom is 0.335 e. The van der Waals surface area contributed by atoms with Crippen LogP contribution in [0.3, 0.4) is 0 Å². The maximum absolute atomic E-state index is 10.7. The van der Waals surface area contributed by atoms with E-state index in [1.807, 2.05) is 6.07 Å². The summed E-state index contributed by atoms with van der Waals surface area (Å²) < 4.78 is 0. The average molecular weight is 262 g/mol. The molecule has 0 aliphatic rings. The molecule has 0 unspecified atom stereocenters. The van der Waals surface area contributed by atoms with E-state index in [4.69, 9.17) is 15.5 Å². The largest absolute Gasteiger partial charge is 0.481 e. The van der Waals surface area contributed by atoms with Crippen LogP contribution in [0.4, 0.5) is 0 Å². The molecular weight excluding hydrogens is 248 g/mol. The lowest BCUT2D eigenvalue weighted by Gasteiger charge is -2.18. The molecule has 6 heteroatoms. The van der Waals surface area contributed by atoms with Crippen LogP contribution in [0.15, 0.2) is 24.3 Å². The third-order valence-electron chi connectivity index (χ3n) is 2.54. The Morgan fingerprint density at radius 2 is 1.84 bits per heavy atom. The van der Waals surface area contributed by atoms with Gasteiger partial charge < -0.3 is 10.2 Å². The zero-order chi connectivity index (χ0) is 14.3. The number of nitriles is 1. The lowest BCUT2D eigenvalue weighted by molar-refractivity contribution is -0.137. The first-order chi connectivity index (χ1) is 9.02. The van der Waals surface area contributed by atoms with Gasteiger partial charge in [-0.15, -0.1) is 0 Å². The lowest BCUT2D eigenvalue weighted by atomic mass is 10.1. The van der Waals surface area contributed by atoms with Gasteiger partial charge in [0.1, 0.15) is 0 Å². The molecule has 1 aromatic rings. The number of carboxylic acids is 2. The molecule has 19 heavy (non-hydrogen) atoms. The number of hydrogen-bond acceptors (Lipinski definition) is 4. The summed E-state index contributed by atoms with van der Waals surface area (Å²) in [6.07, 6.45) is -0.0328. The highest BCUT2D eigenvalue weighted by Crippen LogP contribution is 2.08. The van der Waals surface area contributed by atoms with Crippen molar-refractivity contribution in [3.8, 4) is 6.07 Å². The Morgan fingerprint density at radius 3 is 2.32 bits per heavy atom. The minimum Gasteiger partial charge on any atom is -0.481 e. The predicted molar refractivity (Wildman–Crippen MR) is 66.5 cm³/mol. The second-order valence-corrected chi connectivity index (χ2v) is 4.01. The van der Waals surface area contributed by atoms with Gasteiger partial charge in [-0.05, 0) is 17.7 Å². The van der Waals surface area contributed by atoms with Crippen molar-refractivity contribution < 1.29 is 19.8 Å². The first-order valence-electron chi connectivity index (χ1n) is 5.66. The van der Waals surface area contributed by atoms with Gasteiger partial charge in [-0.25, -0.2) is 4.79 Å². The molecule has 1 rings (SSSR count). The third-order valence-corrected chi connectivity index (χ3v) is 2.54. The molecule has 0 aromatic heterocycles. The summed E-state index contributed by atoms with van der Waals surface area (Å²) in [4.78, 5) is 22.9. The van der Waals surface area contributed by atoms with Crippen LogP contribution in [-0.2, 0) is 11.3 Å². The Hall–Kier alpha value is -2.39. The standard InChI is InChI=1S/C13H14N2O4/c14-6-8-15(7-5-12(16)17)9-10-1-3-11(4-2-10)13(18)19/h1-4H,5,7-9H2,(H,16,17)(H,18,19). The SMILES string of the molecule is N#CCN(CCC(=O)O)Cc1ccc(C(=O)O)cc1. The Morgan fingerprint density at radius 1 is 1.21 bits per heavy atom. The number of rotatable bonds is 7. The van der Waals surface area contributed by atoms with Crippen LogP contribution in [0.25, 0.3) is 0 Å². The number of aliphatic carboxylic acids is 1. The quantitative estimate of drug-likeness (QED) is 0.715. The molecule has 100 valence electrons. The monoisotopic (exact) mass is 262 g/mol. The first kappa shape index (κ1) is 14.7. The van der Waals surface area contributed by atoms with Gasteiger partial charge in [0.2, 0.25) is 0 Å². The molecule has 2 N–H and O–H groups in total. The summed E-state index contributed by atoms with van der Waals surface area (Å²) in [6.45, 7) is 0.832. The van der Waals surface area contributed by atoms with E-state index in [0.717, 1.165) is 5.56 Å². The van der Waals surface area contributed by atoms with Gasteiger partial charge in [-0.2, -0.15) is 5.26 Å². The van der Waals surface area contributed by atoms with Crippen molar-refractivity contribution in [2.45, 2.75) is 13.0 Å². The molecule has 0 spiro atoms. The molecule has 0 bridgehead atoms. The van der Waals surface area contributed by atoms with Gasteiger partial charge in [0, 0.05) is 13.1 Å². The van der Waals surface area contributed by atoms with Gasteiger partial charge in [0.15, 0.2) is 0 Å². The highest BCUT2D eigenvalue weighted by molar-refractivity contribution is 5.87. The number of benzene rings is 1. The Kier molecular flexibility index (Phi) is 5.51. The molecule has 1 aromatic carbocycles. The van der Waals surface area contributed by atoms with Gasteiger partial charge in [-0.3, -0.25) is 9.69 Å². The van der Waals surface area contributed by atoms with Crippen LogP contribution in [0.1, 0.15) is 22.3 Å². The van der Waals surface area contributed by atoms with Gasteiger partial charge in [0.25, 0.3) is 0 Å². The van der Waals surface area contributed by atoms with Crippen molar-refractivity contribution in [1.29, 1.82) is 5.26 Å². The number of nitrogens with zero attached hydrogens (tertiary/aromatic N) is 2. The molecular formula is C13H14N2O4. The van der Waals surface area contributed by atoms with Crippen molar-refractivity contribution in [2.75, 3.05) is 13.1 Å². The molecule has 0 saturated heterocycles. The Labute approximate surface area is 110 Å². The zero-order valence-corrected chi connectivity index (χ0v) is 10.2. The molecule has 0 saturated carbocycles. The molecule has 0 fully saturated rings. The van der Waals surface area contributed by atoms with Gasteiger partial charge in [-0.1, -0.05) is 12.1 Å². The second kappa shape index (κ2) is 7.13. The zero-order valence-electron chi connectivity index (χ0n) is 10.2. The first-order valence-corrected chi connectivity index (χ1v) is 5.66. The van der Waals surface area contributed by atoms with E-state index >= 15 is 0 Å². The van der Waals surface area contributed by atoms with E-state index in [1.54, 1.807) is 17.0 Å². The van der Waals surface area contributed by atoms with Crippen molar-refractivity contribution in [3.05, 3.63) is 35.4 Å². The number of hydrogen-bond donors (Lipinski definition) is 2. The molecule has 0 aliphatic heterocycles. The fraction of sp³-hybridized carbons (Fsp3) is 0.308. The predicted octanol–water partition coefficient (Wildman–Crippen LogP) is 1.19. The summed E-state index contributed by atoms with van der Waals surface area (Å²) in [5.41, 5.74) is 1.03. The highest BCUT2D eigenvalue weighted by atomic mass is 16.4. The van der Waals surface area contributed by atoms with Crippen molar-refractivity contribution in [1.82, 2.24) is 4.90 Å². The van der Waals surface area contributed by atoms with Gasteiger partial charge >= 0.3 is 11.9 Å². The van der Waals surface area contributed by atoms with Crippen molar-refractivity contribution in [2.24, 2.45) is 0 Å². The molecule has 0 heterocycles. The van der Waals surface area contributed by atoms with E-state index in [1.165, 1.54) is 12.1 Å². The fourth-order valence-electron chi connectivity index (χ4n) is 1.58. The van der Waals surface area contributed by atoms with E-state index < -0.39 is 11.9 Å². The fourth-order valence-corrected chi connectivity index (χ4v) is 1.58. The number of carboxylic acid groups (broad SMARTS) is 2. The molecule has 0 amide bonds. The van der Waals surface area contributed by atoms with Crippen LogP contribution < -0.4 is 0 Å². The summed E-state index contributed by atoms with van der Waals surface area (Å²) in [7, 11) is 0. The minimum atomic E-state index is -0.994. The van der Waals surface area contributed by atoms with E-state index in [0.29, 0.717) is 6.54 Å². The second-order valence-electron chi connectivity index (χ2n) is 4.01. The summed E-state index contributed by atoms with van der Waals surface area (Å²) >= 11 is 0. The topological polar surface area (TPSA) is 102 Å². The third kappa shape index (κ3) is 5.19. The normalized spacial score (nSPS) is 10.1. The highest BCUT2D eigenvalue weighted by Gasteiger charge is 2.09. The van der Waals surface area contributed by atoms with Gasteiger partial charge in [0.05, 0.1) is 24.6 Å². The van der Waals surface area contributed by atoms with Crippen LogP contribution in [-0.4, -0.2) is 40.1 Å². The minimum absolute atomic E-state index is 0.0328. The van der Waals surface area contributed by atoms with Crippen molar-refractivity contribution >= 4 is 11.9 Å². The molecule has 0 aliphatic carbocycles. The number of carbonyl (C=O) groups is 2. The molecule has 0 radical (unpaired) electrons. The van der Waals surface area contributed by atoms with E-state index in [-0.39, 0.29) is 25.1 Å². The Bertz CT molecular complexity index is 490. The number of aromatic carboxylic acids is 1. The summed E-state index contributed by atoms with van der Waals surface area (Å²) in [5, 5.41) is 26.1. The van der Waals surface area contributed by atoms with Crippen LogP contribution >= 0.6 is 0 Å². The smallest absolute Gasteiger partial charge is 0.335 e. The lowest BCUT2D eigenvalue weighted by Crippen LogP contribution is -2.26. The van der Waals surface area contributed by atoms with E-state index in [2.05, 4.69) is 0 Å². The Balaban J connectivity index is 2.65. The van der Waals surface area contributed by atoms with E-state index in [9.17, 15) is 9.59 Å². The van der Waals surface area contributed by atoms with Crippen molar-refractivity contribution in [3.63, 3.8) is 0 Å². The summed E-state index contributed by atoms with van der Waals surface area (Å²) in [6, 6.07) is 8.27. The average Bonchev–Trinajstić information content (AvgIpc) is 2.37. The molecule has 6 nitrogen and oxygen atoms in total. The molecule has 0 atom stereocenters. The van der Waals surface area contributed by atoms with Crippen LogP contribution in [0, 0.1) is 11.3 Å². The van der Waals surface area contributed by atoms with Crippen LogP contribution in [0.2, 0.25) is 0 Å². The maximum atomic E-state index is 10.7.